The van der Waals surface area contributed by atoms with Gasteiger partial charge in [0.25, 0.3) is 6.43 Å². The largest absolute Gasteiger partial charge is 0.480 e. The van der Waals surface area contributed by atoms with Gasteiger partial charge in [-0.25, -0.2) is 8.78 Å². The third-order valence-corrected chi connectivity index (χ3v) is 4.06. The van der Waals surface area contributed by atoms with Crippen molar-refractivity contribution in [2.24, 2.45) is 5.92 Å². The molecule has 2 N–H and O–H groups in total. The number of nitrogens with one attached hydrogen (secondary N) is 1. The Balaban J connectivity index is 2.64. The molecular weight excluding hydrogens is 266 g/mol. The van der Waals surface area contributed by atoms with Crippen molar-refractivity contribution in [3.8, 4) is 0 Å². The van der Waals surface area contributed by atoms with Crippen LogP contribution in [0.25, 0.3) is 0 Å². The summed E-state index contributed by atoms with van der Waals surface area (Å²) >= 11 is 0. The first-order valence-electron chi connectivity index (χ1n) is 7.25. The van der Waals surface area contributed by atoms with Crippen LogP contribution in [0.5, 0.6) is 0 Å². The number of nitrogens with zero attached hydrogens (tertiary/aromatic N) is 1. The molecule has 4 nitrogen and oxygen atoms in total. The van der Waals surface area contributed by atoms with E-state index in [4.69, 9.17) is 0 Å². The molecule has 0 amide bonds. The highest BCUT2D eigenvalue weighted by molar-refractivity contribution is 5.79. The second-order valence-electron chi connectivity index (χ2n) is 6.11. The number of hydrogen-bond acceptors (Lipinski definition) is 3. The van der Waals surface area contributed by atoms with Crippen LogP contribution in [-0.2, 0) is 4.79 Å². The molecule has 0 aromatic carbocycles. The maximum absolute atomic E-state index is 12.3. The van der Waals surface area contributed by atoms with Crippen LogP contribution in [0.2, 0.25) is 0 Å². The van der Waals surface area contributed by atoms with Crippen molar-refractivity contribution < 1.29 is 18.7 Å². The Labute approximate surface area is 119 Å². The quantitative estimate of drug-likeness (QED) is 0.720. The van der Waals surface area contributed by atoms with Gasteiger partial charge in [0.1, 0.15) is 5.54 Å². The minimum absolute atomic E-state index is 0.00234. The van der Waals surface area contributed by atoms with E-state index in [0.29, 0.717) is 19.4 Å². The maximum atomic E-state index is 12.3. The SMILES string of the molecule is CC(C)NC1(C(=O)O)CCCC1CCN(C)CC(F)F. The first-order valence-corrected chi connectivity index (χ1v) is 7.25. The minimum atomic E-state index is -2.35. The lowest BCUT2D eigenvalue weighted by molar-refractivity contribution is -0.147. The molecule has 1 aliphatic rings. The third kappa shape index (κ3) is 4.38. The van der Waals surface area contributed by atoms with Crippen LogP contribution >= 0.6 is 0 Å². The third-order valence-electron chi connectivity index (χ3n) is 4.06. The Morgan fingerprint density at radius 1 is 1.50 bits per heavy atom. The predicted octanol–water partition coefficient (Wildman–Crippen LogP) is 2.19. The highest BCUT2D eigenvalue weighted by Gasteiger charge is 2.48. The van der Waals surface area contributed by atoms with Gasteiger partial charge >= 0.3 is 5.97 Å². The van der Waals surface area contributed by atoms with Crippen molar-refractivity contribution in [3.63, 3.8) is 0 Å². The average Bonchev–Trinajstić information content (AvgIpc) is 2.68. The Hall–Kier alpha value is -0.750. The second-order valence-corrected chi connectivity index (χ2v) is 6.11. The summed E-state index contributed by atoms with van der Waals surface area (Å²) in [7, 11) is 1.65. The predicted molar refractivity (Wildman–Crippen MR) is 74.1 cm³/mol. The molecule has 1 saturated carbocycles. The number of carboxylic acid groups (broad SMARTS) is 1. The highest BCUT2D eigenvalue weighted by Crippen LogP contribution is 2.38. The molecule has 6 heteroatoms. The van der Waals surface area contributed by atoms with Gasteiger partial charge in [-0.1, -0.05) is 6.42 Å². The molecule has 0 aromatic rings. The van der Waals surface area contributed by atoms with E-state index >= 15 is 0 Å². The average molecular weight is 292 g/mol. The Morgan fingerprint density at radius 3 is 2.65 bits per heavy atom. The Bertz CT molecular complexity index is 326. The van der Waals surface area contributed by atoms with E-state index in [1.54, 1.807) is 11.9 Å². The number of alkyl halides is 2. The molecule has 2 atom stereocenters. The Morgan fingerprint density at radius 2 is 2.15 bits per heavy atom. The van der Waals surface area contributed by atoms with E-state index in [9.17, 15) is 18.7 Å². The molecular formula is C14H26F2N2O2. The number of aliphatic carboxylic acids is 1. The van der Waals surface area contributed by atoms with E-state index < -0.39 is 17.9 Å². The number of rotatable bonds is 8. The fraction of sp³-hybridized carbons (Fsp3) is 0.929. The first-order chi connectivity index (χ1) is 9.28. The summed E-state index contributed by atoms with van der Waals surface area (Å²) in [6, 6.07) is 0.0884. The van der Waals surface area contributed by atoms with Gasteiger partial charge < -0.3 is 10.0 Å². The first kappa shape index (κ1) is 17.3. The number of hydrogen-bond donors (Lipinski definition) is 2. The molecule has 0 heterocycles. The van der Waals surface area contributed by atoms with Gasteiger partial charge in [0.2, 0.25) is 0 Å². The molecule has 2 unspecified atom stereocenters. The minimum Gasteiger partial charge on any atom is -0.480 e. The molecule has 0 saturated heterocycles. The van der Waals surface area contributed by atoms with Gasteiger partial charge in [-0.05, 0) is 52.6 Å². The molecule has 0 aromatic heterocycles. The molecule has 0 aliphatic heterocycles. The van der Waals surface area contributed by atoms with Crippen LogP contribution in [-0.4, -0.2) is 54.1 Å². The van der Waals surface area contributed by atoms with E-state index in [0.717, 1.165) is 12.8 Å². The van der Waals surface area contributed by atoms with Gasteiger partial charge in [-0.2, -0.15) is 0 Å². The van der Waals surface area contributed by atoms with Crippen LogP contribution in [0.4, 0.5) is 8.78 Å². The van der Waals surface area contributed by atoms with Gasteiger partial charge in [-0.3, -0.25) is 10.1 Å². The molecule has 0 radical (unpaired) electrons. The number of halogens is 2. The number of carboxylic acids is 1. The van der Waals surface area contributed by atoms with Crippen LogP contribution in [0.15, 0.2) is 0 Å². The van der Waals surface area contributed by atoms with E-state index in [2.05, 4.69) is 5.32 Å². The molecule has 0 spiro atoms. The molecule has 1 fully saturated rings. The Kier molecular flexibility index (Phi) is 6.33. The summed E-state index contributed by atoms with van der Waals surface area (Å²) in [6.07, 6.45) is 0.615. The smallest absolute Gasteiger partial charge is 0.324 e. The van der Waals surface area contributed by atoms with Crippen LogP contribution in [0, 0.1) is 5.92 Å². The van der Waals surface area contributed by atoms with E-state index in [1.165, 1.54) is 0 Å². The van der Waals surface area contributed by atoms with Crippen LogP contribution in [0.3, 0.4) is 0 Å². The fourth-order valence-corrected chi connectivity index (χ4v) is 3.22. The van der Waals surface area contributed by atoms with Crippen molar-refractivity contribution in [2.45, 2.75) is 57.5 Å². The van der Waals surface area contributed by atoms with Crippen molar-refractivity contribution in [3.05, 3.63) is 0 Å². The summed E-state index contributed by atoms with van der Waals surface area (Å²) in [4.78, 5) is 13.3. The lowest BCUT2D eigenvalue weighted by Crippen LogP contribution is -2.57. The van der Waals surface area contributed by atoms with Gasteiger partial charge in [0, 0.05) is 6.04 Å². The van der Waals surface area contributed by atoms with Crippen molar-refractivity contribution in [1.29, 1.82) is 0 Å². The second kappa shape index (κ2) is 7.31. The molecule has 1 aliphatic carbocycles. The lowest BCUT2D eigenvalue weighted by Gasteiger charge is -2.35. The van der Waals surface area contributed by atoms with Gasteiger partial charge in [-0.15, -0.1) is 0 Å². The molecule has 20 heavy (non-hydrogen) atoms. The topological polar surface area (TPSA) is 52.6 Å². The van der Waals surface area contributed by atoms with Gasteiger partial charge in [0.05, 0.1) is 6.54 Å². The van der Waals surface area contributed by atoms with Crippen LogP contribution in [0.1, 0.15) is 39.5 Å². The van der Waals surface area contributed by atoms with Crippen molar-refractivity contribution in [1.82, 2.24) is 10.2 Å². The van der Waals surface area contributed by atoms with Crippen LogP contribution < -0.4 is 5.32 Å². The highest BCUT2D eigenvalue weighted by atomic mass is 19.3. The monoisotopic (exact) mass is 292 g/mol. The van der Waals surface area contributed by atoms with Gasteiger partial charge in [0.15, 0.2) is 0 Å². The zero-order chi connectivity index (χ0) is 15.3. The molecule has 118 valence electrons. The maximum Gasteiger partial charge on any atom is 0.324 e. The zero-order valence-electron chi connectivity index (χ0n) is 12.5. The fourth-order valence-electron chi connectivity index (χ4n) is 3.22. The van der Waals surface area contributed by atoms with E-state index in [-0.39, 0.29) is 18.5 Å². The normalized spacial score (nSPS) is 26.9. The zero-order valence-corrected chi connectivity index (χ0v) is 12.5. The summed E-state index contributed by atoms with van der Waals surface area (Å²) < 4.78 is 24.6. The number of carbonyl (C=O) groups is 1. The summed E-state index contributed by atoms with van der Waals surface area (Å²) in [5, 5.41) is 12.8. The molecule has 1 rings (SSSR count). The summed E-state index contributed by atoms with van der Waals surface area (Å²) in [6.45, 7) is 4.11. The van der Waals surface area contributed by atoms with Crippen molar-refractivity contribution >= 4 is 5.97 Å². The summed E-state index contributed by atoms with van der Waals surface area (Å²) in [5.41, 5.74) is -0.889. The van der Waals surface area contributed by atoms with Crippen molar-refractivity contribution in [2.75, 3.05) is 20.1 Å². The standard InChI is InChI=1S/C14H26F2N2O2/c1-10(2)17-14(13(19)20)7-4-5-11(14)6-8-18(3)9-12(15)16/h10-12,17H,4-9H2,1-3H3,(H,19,20). The lowest BCUT2D eigenvalue weighted by atomic mass is 9.84. The molecule has 0 bridgehead atoms. The van der Waals surface area contributed by atoms with E-state index in [1.807, 2.05) is 13.8 Å². The summed E-state index contributed by atoms with van der Waals surface area (Å²) in [5.74, 6) is -0.812.